The zero-order chi connectivity index (χ0) is 25.8. The zero-order valence-electron chi connectivity index (χ0n) is 20.0. The van der Waals surface area contributed by atoms with E-state index in [0.717, 1.165) is 16.8 Å². The minimum atomic E-state index is -0.531. The van der Waals surface area contributed by atoms with Crippen molar-refractivity contribution in [2.45, 2.75) is 13.8 Å². The lowest BCUT2D eigenvalue weighted by molar-refractivity contribution is -0.118. The number of aryl methyl sites for hydroxylation is 2. The number of halogens is 3. The molecule has 0 unspecified atom stereocenters. The lowest BCUT2D eigenvalue weighted by Crippen LogP contribution is -2.49. The van der Waals surface area contributed by atoms with Crippen molar-refractivity contribution in [3.8, 4) is 5.75 Å². The summed E-state index contributed by atoms with van der Waals surface area (Å²) in [5.41, 5.74) is 3.23. The number of amides is 2. The van der Waals surface area contributed by atoms with Crippen LogP contribution in [-0.2, 0) is 4.79 Å². The minimum Gasteiger partial charge on any atom is -0.482 e. The van der Waals surface area contributed by atoms with E-state index in [9.17, 15) is 14.0 Å². The third kappa shape index (κ3) is 5.91. The van der Waals surface area contributed by atoms with E-state index in [0.29, 0.717) is 47.7 Å². The van der Waals surface area contributed by atoms with Crippen LogP contribution in [0.1, 0.15) is 21.5 Å². The van der Waals surface area contributed by atoms with Crippen LogP contribution in [0, 0.1) is 19.7 Å². The molecule has 1 fully saturated rings. The first-order valence-electron chi connectivity index (χ1n) is 11.5. The molecule has 1 aliphatic heterocycles. The average Bonchev–Trinajstić information content (AvgIpc) is 2.83. The van der Waals surface area contributed by atoms with Crippen LogP contribution >= 0.6 is 23.2 Å². The second-order valence-corrected chi connectivity index (χ2v) is 9.49. The van der Waals surface area contributed by atoms with Gasteiger partial charge in [-0.15, -0.1) is 0 Å². The first-order chi connectivity index (χ1) is 17.2. The molecule has 1 aliphatic rings. The maximum Gasteiger partial charge on any atom is 0.262 e. The average molecular weight is 530 g/mol. The Hall–Kier alpha value is -3.29. The monoisotopic (exact) mass is 529 g/mol. The van der Waals surface area contributed by atoms with E-state index in [1.165, 1.54) is 12.1 Å². The van der Waals surface area contributed by atoms with Gasteiger partial charge in [-0.3, -0.25) is 9.59 Å². The van der Waals surface area contributed by atoms with E-state index < -0.39 is 5.82 Å². The summed E-state index contributed by atoms with van der Waals surface area (Å²) < 4.78 is 19.8. The van der Waals surface area contributed by atoms with Crippen LogP contribution in [-0.4, -0.2) is 49.5 Å². The van der Waals surface area contributed by atoms with Crippen LogP contribution < -0.4 is 15.0 Å². The number of piperazine rings is 1. The number of hydrogen-bond acceptors (Lipinski definition) is 4. The summed E-state index contributed by atoms with van der Waals surface area (Å²) in [5.74, 6) is -0.751. The molecule has 0 saturated carbocycles. The Morgan fingerprint density at radius 3 is 2.42 bits per heavy atom. The summed E-state index contributed by atoms with van der Waals surface area (Å²) in [7, 11) is 0. The van der Waals surface area contributed by atoms with Gasteiger partial charge in [-0.25, -0.2) is 4.39 Å². The van der Waals surface area contributed by atoms with E-state index in [-0.39, 0.29) is 24.0 Å². The summed E-state index contributed by atoms with van der Waals surface area (Å²) in [6.07, 6.45) is 0. The van der Waals surface area contributed by atoms with Gasteiger partial charge in [-0.2, -0.15) is 0 Å². The molecule has 1 N–H and O–H groups in total. The topological polar surface area (TPSA) is 61.9 Å². The first kappa shape index (κ1) is 25.8. The van der Waals surface area contributed by atoms with Gasteiger partial charge in [0, 0.05) is 31.2 Å². The molecule has 3 aromatic rings. The van der Waals surface area contributed by atoms with Gasteiger partial charge >= 0.3 is 0 Å². The predicted octanol–water partition coefficient (Wildman–Crippen LogP) is 5.73. The Balaban J connectivity index is 1.41. The highest BCUT2D eigenvalue weighted by atomic mass is 35.5. The summed E-state index contributed by atoms with van der Waals surface area (Å²) in [6, 6.07) is 14.9. The van der Waals surface area contributed by atoms with Crippen molar-refractivity contribution in [2.24, 2.45) is 0 Å². The maximum atomic E-state index is 14.1. The van der Waals surface area contributed by atoms with Crippen molar-refractivity contribution in [3.63, 3.8) is 0 Å². The number of ether oxygens (including phenoxy) is 1. The number of carbonyl (C=O) groups excluding carboxylic acids is 2. The lowest BCUT2D eigenvalue weighted by atomic mass is 10.1. The molecule has 0 spiro atoms. The van der Waals surface area contributed by atoms with Crippen LogP contribution in [0.3, 0.4) is 0 Å². The molecule has 0 atom stereocenters. The third-order valence-electron chi connectivity index (χ3n) is 5.97. The zero-order valence-corrected chi connectivity index (χ0v) is 21.5. The van der Waals surface area contributed by atoms with Crippen molar-refractivity contribution < 1.29 is 18.7 Å². The number of anilines is 2. The molecule has 9 heteroatoms. The molecule has 6 nitrogen and oxygen atoms in total. The second-order valence-electron chi connectivity index (χ2n) is 8.65. The summed E-state index contributed by atoms with van der Waals surface area (Å²) >= 11 is 12.5. The number of carbonyl (C=O) groups is 2. The van der Waals surface area contributed by atoms with Crippen LogP contribution in [0.25, 0.3) is 0 Å². The largest absolute Gasteiger partial charge is 0.482 e. The van der Waals surface area contributed by atoms with Gasteiger partial charge in [0.05, 0.1) is 22.0 Å². The van der Waals surface area contributed by atoms with Crippen LogP contribution in [0.5, 0.6) is 5.75 Å². The predicted molar refractivity (Wildman–Crippen MR) is 141 cm³/mol. The Labute approximate surface area is 219 Å². The number of nitrogens with one attached hydrogen (secondary N) is 1. The van der Waals surface area contributed by atoms with Gasteiger partial charge < -0.3 is 19.9 Å². The molecular weight excluding hydrogens is 504 g/mol. The molecule has 188 valence electrons. The van der Waals surface area contributed by atoms with E-state index in [1.54, 1.807) is 35.2 Å². The standard InChI is InChI=1S/C27H26Cl2FN3O3/c1-17-13-18(2)26(21(29)14-17)36-16-25(34)31-23-15-19(28)7-8-24(23)32-9-11-33(12-10-32)27(35)20-5-3-4-6-22(20)30/h3-8,13-15H,9-12,16H2,1-2H3,(H,31,34). The molecule has 0 radical (unpaired) electrons. The van der Waals surface area contributed by atoms with Crippen molar-refractivity contribution in [3.05, 3.63) is 87.2 Å². The molecule has 1 saturated heterocycles. The molecule has 0 aromatic heterocycles. The number of rotatable bonds is 6. The van der Waals surface area contributed by atoms with E-state index in [1.807, 2.05) is 26.0 Å². The molecule has 0 aliphatic carbocycles. The number of hydrogen-bond donors (Lipinski definition) is 1. The van der Waals surface area contributed by atoms with Crippen molar-refractivity contribution >= 4 is 46.4 Å². The Bertz CT molecular complexity index is 1270. The molecule has 4 rings (SSSR count). The highest BCUT2D eigenvalue weighted by molar-refractivity contribution is 6.32. The summed E-state index contributed by atoms with van der Waals surface area (Å²) in [6.45, 7) is 5.44. The molecule has 2 amide bonds. The van der Waals surface area contributed by atoms with Crippen molar-refractivity contribution in [2.75, 3.05) is 43.0 Å². The summed E-state index contributed by atoms with van der Waals surface area (Å²) in [5, 5.41) is 3.80. The van der Waals surface area contributed by atoms with E-state index in [2.05, 4.69) is 10.2 Å². The number of benzene rings is 3. The van der Waals surface area contributed by atoms with Crippen LogP contribution in [0.15, 0.2) is 54.6 Å². The lowest BCUT2D eigenvalue weighted by Gasteiger charge is -2.37. The van der Waals surface area contributed by atoms with Crippen LogP contribution in [0.2, 0.25) is 10.0 Å². The smallest absolute Gasteiger partial charge is 0.262 e. The quantitative estimate of drug-likeness (QED) is 0.443. The van der Waals surface area contributed by atoms with Gasteiger partial charge in [-0.05, 0) is 61.4 Å². The fourth-order valence-corrected chi connectivity index (χ4v) is 4.80. The van der Waals surface area contributed by atoms with Gasteiger partial charge in [0.1, 0.15) is 11.6 Å². The van der Waals surface area contributed by atoms with Gasteiger partial charge in [-0.1, -0.05) is 41.4 Å². The van der Waals surface area contributed by atoms with Crippen molar-refractivity contribution in [1.29, 1.82) is 0 Å². The molecule has 3 aromatic carbocycles. The fourth-order valence-electron chi connectivity index (χ4n) is 4.25. The minimum absolute atomic E-state index is 0.0642. The Kier molecular flexibility index (Phi) is 8.01. The van der Waals surface area contributed by atoms with E-state index in [4.69, 9.17) is 27.9 Å². The Morgan fingerprint density at radius 2 is 1.72 bits per heavy atom. The normalized spacial score (nSPS) is 13.5. The Morgan fingerprint density at radius 1 is 1.00 bits per heavy atom. The van der Waals surface area contributed by atoms with Crippen LogP contribution in [0.4, 0.5) is 15.8 Å². The first-order valence-corrected chi connectivity index (χ1v) is 12.3. The highest BCUT2D eigenvalue weighted by Gasteiger charge is 2.25. The summed E-state index contributed by atoms with van der Waals surface area (Å²) in [4.78, 5) is 29.2. The molecule has 36 heavy (non-hydrogen) atoms. The van der Waals surface area contributed by atoms with E-state index >= 15 is 0 Å². The number of nitrogens with zero attached hydrogens (tertiary/aromatic N) is 2. The SMILES string of the molecule is Cc1cc(C)c(OCC(=O)Nc2cc(Cl)ccc2N2CCN(C(=O)c3ccccc3F)CC2)c(Cl)c1. The highest BCUT2D eigenvalue weighted by Crippen LogP contribution is 2.32. The molecular formula is C27H26Cl2FN3O3. The molecule has 1 heterocycles. The van der Waals surface area contributed by atoms with Gasteiger partial charge in [0.15, 0.2) is 6.61 Å². The van der Waals surface area contributed by atoms with Crippen molar-refractivity contribution in [1.82, 2.24) is 4.90 Å². The van der Waals surface area contributed by atoms with Gasteiger partial charge in [0.25, 0.3) is 11.8 Å². The van der Waals surface area contributed by atoms with Gasteiger partial charge in [0.2, 0.25) is 0 Å². The third-order valence-corrected chi connectivity index (χ3v) is 6.48. The fraction of sp³-hybridized carbons (Fsp3) is 0.259. The molecule has 0 bridgehead atoms. The maximum absolute atomic E-state index is 14.1. The second kappa shape index (κ2) is 11.2.